The number of aromatic nitrogens is 4. The number of rotatable bonds is 4. The molecule has 1 unspecified atom stereocenters. The number of aliphatic hydroxyl groups excluding tert-OH is 1. The maximum Gasteiger partial charge on any atom is 0.256 e. The lowest BCUT2D eigenvalue weighted by molar-refractivity contribution is 0.0869. The molecule has 3 aromatic rings. The van der Waals surface area contributed by atoms with E-state index in [9.17, 15) is 14.3 Å². The molecule has 1 atom stereocenters. The lowest BCUT2D eigenvalue weighted by atomic mass is 9.93. The van der Waals surface area contributed by atoms with Crippen molar-refractivity contribution < 1.29 is 14.3 Å². The predicted octanol–water partition coefficient (Wildman–Crippen LogP) is 2.64. The van der Waals surface area contributed by atoms with Gasteiger partial charge in [0.25, 0.3) is 5.91 Å². The average molecular weight is 424 g/mol. The number of nitrogens with one attached hydrogen (secondary N) is 1. The fourth-order valence-corrected chi connectivity index (χ4v) is 4.66. The van der Waals surface area contributed by atoms with Gasteiger partial charge in [0, 0.05) is 25.0 Å². The van der Waals surface area contributed by atoms with Crippen LogP contribution in [0.4, 0.5) is 10.2 Å². The van der Waals surface area contributed by atoms with Crippen molar-refractivity contribution >= 4 is 17.4 Å². The summed E-state index contributed by atoms with van der Waals surface area (Å²) in [5.41, 5.74) is 1.75. The number of hydrogen-bond acceptors (Lipinski definition) is 6. The van der Waals surface area contributed by atoms with Gasteiger partial charge in [-0.25, -0.2) is 13.9 Å². The summed E-state index contributed by atoms with van der Waals surface area (Å²) in [5.74, 6) is 0.181. The maximum absolute atomic E-state index is 13.7. The van der Waals surface area contributed by atoms with Crippen LogP contribution in [0.2, 0.25) is 0 Å². The van der Waals surface area contributed by atoms with Crippen LogP contribution < -0.4 is 10.2 Å². The van der Waals surface area contributed by atoms with Crippen molar-refractivity contribution in [1.82, 2.24) is 24.9 Å². The molecule has 2 fully saturated rings. The number of amides is 1. The maximum atomic E-state index is 13.7. The number of hydrogen-bond donors (Lipinski definition) is 2. The number of fused-ring (bicyclic) bond motifs is 1. The normalized spacial score (nSPS) is 23.9. The van der Waals surface area contributed by atoms with Gasteiger partial charge >= 0.3 is 0 Å². The van der Waals surface area contributed by atoms with Gasteiger partial charge in [-0.05, 0) is 56.2 Å². The Labute approximate surface area is 179 Å². The minimum atomic E-state index is -0.349. The first kappa shape index (κ1) is 19.9. The molecule has 1 aliphatic carbocycles. The first-order chi connectivity index (χ1) is 15.1. The van der Waals surface area contributed by atoms with Gasteiger partial charge in [-0.2, -0.15) is 5.10 Å². The quantitative estimate of drug-likeness (QED) is 0.669. The van der Waals surface area contributed by atoms with Crippen molar-refractivity contribution in [2.45, 2.75) is 56.7 Å². The average Bonchev–Trinajstić information content (AvgIpc) is 3.42. The van der Waals surface area contributed by atoms with E-state index in [0.717, 1.165) is 43.6 Å². The van der Waals surface area contributed by atoms with Gasteiger partial charge in [0.1, 0.15) is 17.2 Å². The van der Waals surface area contributed by atoms with Crippen molar-refractivity contribution in [2.24, 2.45) is 0 Å². The zero-order chi connectivity index (χ0) is 21.4. The van der Waals surface area contributed by atoms with Crippen molar-refractivity contribution in [1.29, 1.82) is 0 Å². The van der Waals surface area contributed by atoms with Crippen molar-refractivity contribution in [3.05, 3.63) is 53.9 Å². The third-order valence-electron chi connectivity index (χ3n) is 6.29. The molecular weight excluding hydrogens is 399 g/mol. The van der Waals surface area contributed by atoms with Crippen molar-refractivity contribution in [3.63, 3.8) is 0 Å². The summed E-state index contributed by atoms with van der Waals surface area (Å²) in [7, 11) is 0. The molecule has 0 spiro atoms. The van der Waals surface area contributed by atoms with Gasteiger partial charge < -0.3 is 15.3 Å². The predicted molar refractivity (Wildman–Crippen MR) is 112 cm³/mol. The SMILES string of the molecule is O=C(N[C@H]1CC[C@@H](O)CC1)c1cnn2ccc(N3CCCC3c3cncc(F)c3)nc12. The molecule has 1 aliphatic heterocycles. The molecule has 0 bridgehead atoms. The largest absolute Gasteiger partial charge is 0.393 e. The Morgan fingerprint density at radius 2 is 2.00 bits per heavy atom. The molecule has 8 nitrogen and oxygen atoms in total. The molecule has 1 saturated heterocycles. The molecule has 162 valence electrons. The van der Waals surface area contributed by atoms with Crippen LogP contribution in [0.5, 0.6) is 0 Å². The highest BCUT2D eigenvalue weighted by molar-refractivity contribution is 5.99. The Morgan fingerprint density at radius 3 is 2.81 bits per heavy atom. The topological polar surface area (TPSA) is 95.6 Å². The highest BCUT2D eigenvalue weighted by Gasteiger charge is 2.29. The molecule has 0 aromatic carbocycles. The van der Waals surface area contributed by atoms with E-state index >= 15 is 0 Å². The van der Waals surface area contributed by atoms with Gasteiger partial charge in [0.15, 0.2) is 5.65 Å². The van der Waals surface area contributed by atoms with E-state index in [4.69, 9.17) is 4.98 Å². The summed E-state index contributed by atoms with van der Waals surface area (Å²) in [6, 6.07) is 3.44. The second-order valence-corrected chi connectivity index (χ2v) is 8.38. The molecule has 2 N–H and O–H groups in total. The fraction of sp³-hybridized carbons (Fsp3) is 0.455. The van der Waals surface area contributed by atoms with Crippen LogP contribution in [0, 0.1) is 5.82 Å². The molecule has 1 saturated carbocycles. The molecule has 1 amide bonds. The molecule has 4 heterocycles. The standard InChI is InChI=1S/C22H25FN6O2/c23-15-10-14(11-24-12-15)19-2-1-8-28(19)20-7-9-29-21(27-20)18(13-25-29)22(31)26-16-3-5-17(30)6-4-16/h7,9-13,16-17,19,30H,1-6,8H2,(H,26,31)/t16-,17+,19?. The lowest BCUT2D eigenvalue weighted by Gasteiger charge is -2.26. The minimum absolute atomic E-state index is 0.00739. The number of carbonyl (C=O) groups excluding carboxylic acids is 1. The second-order valence-electron chi connectivity index (χ2n) is 8.38. The second kappa shape index (κ2) is 8.22. The number of carbonyl (C=O) groups is 1. The number of pyridine rings is 1. The van der Waals surface area contributed by atoms with Crippen LogP contribution in [0.3, 0.4) is 0 Å². The van der Waals surface area contributed by atoms with Crippen molar-refractivity contribution in [3.8, 4) is 0 Å². The first-order valence-electron chi connectivity index (χ1n) is 10.8. The Hall–Kier alpha value is -3.07. The van der Waals surface area contributed by atoms with Gasteiger partial charge in [-0.15, -0.1) is 0 Å². The number of anilines is 1. The third kappa shape index (κ3) is 3.97. The zero-order valence-electron chi connectivity index (χ0n) is 17.1. The summed E-state index contributed by atoms with van der Waals surface area (Å²) in [6.45, 7) is 0.796. The van der Waals surface area contributed by atoms with Crippen LogP contribution in [0.15, 0.2) is 36.9 Å². The Balaban J connectivity index is 1.40. The summed E-state index contributed by atoms with van der Waals surface area (Å²) >= 11 is 0. The van der Waals surface area contributed by atoms with E-state index in [0.29, 0.717) is 24.1 Å². The minimum Gasteiger partial charge on any atom is -0.393 e. The first-order valence-corrected chi connectivity index (χ1v) is 10.8. The Bertz CT molecular complexity index is 1090. The van der Waals surface area contributed by atoms with E-state index in [2.05, 4.69) is 20.3 Å². The highest BCUT2D eigenvalue weighted by Crippen LogP contribution is 2.35. The van der Waals surface area contributed by atoms with Gasteiger partial charge in [-0.1, -0.05) is 0 Å². The summed E-state index contributed by atoms with van der Waals surface area (Å²) < 4.78 is 15.3. The molecule has 0 radical (unpaired) electrons. The summed E-state index contributed by atoms with van der Waals surface area (Å²) in [6.07, 6.45) is 10.8. The number of aliphatic hydroxyl groups is 1. The van der Waals surface area contributed by atoms with Crippen LogP contribution in [-0.4, -0.2) is 49.3 Å². The van der Waals surface area contributed by atoms with E-state index in [1.807, 2.05) is 6.07 Å². The highest BCUT2D eigenvalue weighted by atomic mass is 19.1. The molecule has 31 heavy (non-hydrogen) atoms. The van der Waals surface area contributed by atoms with Gasteiger partial charge in [0.05, 0.1) is 24.5 Å². The van der Waals surface area contributed by atoms with Crippen LogP contribution in [0.1, 0.15) is 60.5 Å². The Kier molecular flexibility index (Phi) is 5.27. The van der Waals surface area contributed by atoms with Crippen LogP contribution in [-0.2, 0) is 0 Å². The molecule has 9 heteroatoms. The molecule has 5 rings (SSSR count). The Morgan fingerprint density at radius 1 is 1.16 bits per heavy atom. The monoisotopic (exact) mass is 424 g/mol. The van der Waals surface area contributed by atoms with Gasteiger partial charge in [0.2, 0.25) is 0 Å². The van der Waals surface area contributed by atoms with Gasteiger partial charge in [-0.3, -0.25) is 9.78 Å². The van der Waals surface area contributed by atoms with Crippen molar-refractivity contribution in [2.75, 3.05) is 11.4 Å². The number of halogens is 1. The smallest absolute Gasteiger partial charge is 0.256 e. The van der Waals surface area contributed by atoms with Crippen LogP contribution in [0.25, 0.3) is 5.65 Å². The zero-order valence-corrected chi connectivity index (χ0v) is 17.1. The van der Waals surface area contributed by atoms with E-state index in [1.165, 1.54) is 18.5 Å². The molecule has 2 aliphatic rings. The van der Waals surface area contributed by atoms with E-state index < -0.39 is 0 Å². The fourth-order valence-electron chi connectivity index (χ4n) is 4.66. The summed E-state index contributed by atoms with van der Waals surface area (Å²) in [4.78, 5) is 23.8. The molecule has 3 aromatic heterocycles. The number of nitrogens with zero attached hydrogens (tertiary/aromatic N) is 5. The van der Waals surface area contributed by atoms with E-state index in [-0.39, 0.29) is 29.9 Å². The van der Waals surface area contributed by atoms with Crippen LogP contribution >= 0.6 is 0 Å². The van der Waals surface area contributed by atoms with E-state index in [1.54, 1.807) is 16.9 Å². The summed E-state index contributed by atoms with van der Waals surface area (Å²) in [5, 5.41) is 17.0. The molecular formula is C22H25FN6O2. The lowest BCUT2D eigenvalue weighted by Crippen LogP contribution is -2.38. The third-order valence-corrected chi connectivity index (χ3v) is 6.29.